The van der Waals surface area contributed by atoms with Crippen molar-refractivity contribution in [3.63, 3.8) is 0 Å². The zero-order valence-electron chi connectivity index (χ0n) is 15.9. The molecule has 1 unspecified atom stereocenters. The van der Waals surface area contributed by atoms with Crippen LogP contribution in [0.25, 0.3) is 0 Å². The van der Waals surface area contributed by atoms with E-state index in [2.05, 4.69) is 29.3 Å². The number of rotatable bonds is 8. The molecule has 2 aliphatic rings. The quantitative estimate of drug-likeness (QED) is 0.728. The maximum absolute atomic E-state index is 12.4. The number of amides is 2. The summed E-state index contributed by atoms with van der Waals surface area (Å²) in [6, 6.07) is 8.16. The molecule has 2 amide bonds. The molecule has 0 aliphatic carbocycles. The Kier molecular flexibility index (Phi) is 6.67. The number of nitrogens with one attached hydrogen (secondary N) is 1. The Balaban J connectivity index is 1.44. The van der Waals surface area contributed by atoms with Crippen molar-refractivity contribution in [1.29, 1.82) is 0 Å². The molecule has 26 heavy (non-hydrogen) atoms. The fourth-order valence-electron chi connectivity index (χ4n) is 3.93. The lowest BCUT2D eigenvalue weighted by molar-refractivity contribution is -0.126. The lowest BCUT2D eigenvalue weighted by atomic mass is 10.1. The van der Waals surface area contributed by atoms with Crippen LogP contribution in [0.5, 0.6) is 0 Å². The number of anilines is 1. The predicted molar refractivity (Wildman–Crippen MR) is 104 cm³/mol. The maximum atomic E-state index is 12.4. The maximum Gasteiger partial charge on any atom is 0.227 e. The fraction of sp³-hybridized carbons (Fsp3) is 0.619. The molecule has 2 saturated heterocycles. The molecule has 2 fully saturated rings. The summed E-state index contributed by atoms with van der Waals surface area (Å²) in [5, 5.41) is 3.02. The molecule has 1 aromatic carbocycles. The van der Waals surface area contributed by atoms with Crippen LogP contribution in [0.2, 0.25) is 0 Å². The van der Waals surface area contributed by atoms with Crippen LogP contribution >= 0.6 is 0 Å². The van der Waals surface area contributed by atoms with E-state index < -0.39 is 0 Å². The van der Waals surface area contributed by atoms with Crippen molar-refractivity contribution in [2.24, 2.45) is 5.92 Å². The van der Waals surface area contributed by atoms with Crippen molar-refractivity contribution in [2.75, 3.05) is 37.6 Å². The Hall–Kier alpha value is -1.88. The second kappa shape index (κ2) is 9.17. The standard InChI is InChI=1S/C21H31N3O2/c1-2-6-17-7-9-19(10-8-17)24-16-18(15-20(24)25)21(26)22-11-5-14-23-12-3-4-13-23/h7-10,18H,2-6,11-16H2,1H3,(H,22,26). The average Bonchev–Trinajstić information content (AvgIpc) is 3.29. The van der Waals surface area contributed by atoms with Gasteiger partial charge in [0.15, 0.2) is 0 Å². The van der Waals surface area contributed by atoms with Crippen LogP contribution in [-0.4, -0.2) is 49.4 Å². The van der Waals surface area contributed by atoms with Crippen molar-refractivity contribution in [3.8, 4) is 0 Å². The largest absolute Gasteiger partial charge is 0.356 e. The van der Waals surface area contributed by atoms with Gasteiger partial charge in [-0.25, -0.2) is 0 Å². The Labute approximate surface area is 156 Å². The van der Waals surface area contributed by atoms with Crippen LogP contribution in [0.4, 0.5) is 5.69 Å². The van der Waals surface area contributed by atoms with Gasteiger partial charge in [-0.3, -0.25) is 9.59 Å². The summed E-state index contributed by atoms with van der Waals surface area (Å²) < 4.78 is 0. The second-order valence-electron chi connectivity index (χ2n) is 7.52. The average molecular weight is 357 g/mol. The number of aryl methyl sites for hydroxylation is 1. The molecule has 5 nitrogen and oxygen atoms in total. The van der Waals surface area contributed by atoms with E-state index in [9.17, 15) is 9.59 Å². The van der Waals surface area contributed by atoms with Crippen LogP contribution < -0.4 is 10.2 Å². The van der Waals surface area contributed by atoms with Crippen molar-refractivity contribution in [2.45, 2.75) is 45.4 Å². The topological polar surface area (TPSA) is 52.7 Å². The molecule has 3 rings (SSSR count). The zero-order valence-corrected chi connectivity index (χ0v) is 15.9. The minimum absolute atomic E-state index is 0.0184. The molecule has 0 spiro atoms. The Morgan fingerprint density at radius 3 is 2.62 bits per heavy atom. The first-order chi connectivity index (χ1) is 12.7. The highest BCUT2D eigenvalue weighted by molar-refractivity contribution is 6.00. The van der Waals surface area contributed by atoms with Gasteiger partial charge in [0.1, 0.15) is 0 Å². The molecule has 1 aromatic rings. The third-order valence-electron chi connectivity index (χ3n) is 5.43. The lowest BCUT2D eigenvalue weighted by Gasteiger charge is -2.17. The van der Waals surface area contributed by atoms with Crippen LogP contribution in [0.1, 0.15) is 44.6 Å². The summed E-state index contributed by atoms with van der Waals surface area (Å²) in [6.45, 7) is 6.79. The van der Waals surface area contributed by atoms with Crippen molar-refractivity contribution < 1.29 is 9.59 Å². The summed E-state index contributed by atoms with van der Waals surface area (Å²) >= 11 is 0. The Bertz CT molecular complexity index is 608. The summed E-state index contributed by atoms with van der Waals surface area (Å²) in [6.07, 6.45) is 6.06. The normalized spacial score (nSPS) is 20.7. The molecule has 1 N–H and O–H groups in total. The van der Waals surface area contributed by atoms with E-state index in [0.29, 0.717) is 19.5 Å². The number of carbonyl (C=O) groups excluding carboxylic acids is 2. The second-order valence-corrected chi connectivity index (χ2v) is 7.52. The van der Waals surface area contributed by atoms with Gasteiger partial charge in [0.05, 0.1) is 5.92 Å². The van der Waals surface area contributed by atoms with E-state index >= 15 is 0 Å². The first-order valence-electron chi connectivity index (χ1n) is 10.1. The molecular weight excluding hydrogens is 326 g/mol. The monoisotopic (exact) mass is 357 g/mol. The van der Waals surface area contributed by atoms with Gasteiger partial charge < -0.3 is 15.1 Å². The fourth-order valence-corrected chi connectivity index (χ4v) is 3.93. The summed E-state index contributed by atoms with van der Waals surface area (Å²) in [4.78, 5) is 29.0. The molecule has 1 atom stereocenters. The van der Waals surface area contributed by atoms with E-state index in [-0.39, 0.29) is 17.7 Å². The molecule has 0 saturated carbocycles. The SMILES string of the molecule is CCCc1ccc(N2CC(C(=O)NCCCN3CCCC3)CC2=O)cc1. The molecule has 142 valence electrons. The molecule has 0 radical (unpaired) electrons. The third-order valence-corrected chi connectivity index (χ3v) is 5.43. The number of likely N-dealkylation sites (tertiary alicyclic amines) is 1. The highest BCUT2D eigenvalue weighted by atomic mass is 16.2. The summed E-state index contributed by atoms with van der Waals surface area (Å²) in [7, 11) is 0. The number of hydrogen-bond donors (Lipinski definition) is 1. The first-order valence-corrected chi connectivity index (χ1v) is 10.1. The lowest BCUT2D eigenvalue weighted by Crippen LogP contribution is -2.34. The van der Waals surface area contributed by atoms with Crippen LogP contribution in [-0.2, 0) is 16.0 Å². The van der Waals surface area contributed by atoms with Crippen LogP contribution in [0.15, 0.2) is 24.3 Å². The van der Waals surface area contributed by atoms with E-state index in [4.69, 9.17) is 0 Å². The number of hydrogen-bond acceptors (Lipinski definition) is 3. The number of benzene rings is 1. The van der Waals surface area contributed by atoms with Gasteiger partial charge in [-0.15, -0.1) is 0 Å². The van der Waals surface area contributed by atoms with Gasteiger partial charge in [0.25, 0.3) is 0 Å². The van der Waals surface area contributed by atoms with Crippen molar-refractivity contribution in [1.82, 2.24) is 10.2 Å². The molecule has 2 heterocycles. The van der Waals surface area contributed by atoms with E-state index in [0.717, 1.165) is 31.5 Å². The van der Waals surface area contributed by atoms with Gasteiger partial charge in [0, 0.05) is 25.2 Å². The predicted octanol–water partition coefficient (Wildman–Crippen LogP) is 2.59. The summed E-state index contributed by atoms with van der Waals surface area (Å²) in [5.41, 5.74) is 2.19. The van der Waals surface area contributed by atoms with E-state index in [1.54, 1.807) is 4.90 Å². The van der Waals surface area contributed by atoms with Gasteiger partial charge in [0.2, 0.25) is 11.8 Å². The van der Waals surface area contributed by atoms with Crippen LogP contribution in [0, 0.1) is 5.92 Å². The molecular formula is C21H31N3O2. The van der Waals surface area contributed by atoms with E-state index in [1.165, 1.54) is 31.5 Å². The zero-order chi connectivity index (χ0) is 18.4. The van der Waals surface area contributed by atoms with Crippen molar-refractivity contribution >= 4 is 17.5 Å². The van der Waals surface area contributed by atoms with Crippen molar-refractivity contribution in [3.05, 3.63) is 29.8 Å². The Morgan fingerprint density at radius 1 is 1.19 bits per heavy atom. The highest BCUT2D eigenvalue weighted by Gasteiger charge is 2.34. The van der Waals surface area contributed by atoms with Gasteiger partial charge in [-0.05, 0) is 63.0 Å². The number of carbonyl (C=O) groups is 2. The molecule has 2 aliphatic heterocycles. The van der Waals surface area contributed by atoms with Crippen LogP contribution in [0.3, 0.4) is 0 Å². The van der Waals surface area contributed by atoms with Gasteiger partial charge in [-0.1, -0.05) is 25.5 Å². The number of nitrogens with zero attached hydrogens (tertiary/aromatic N) is 2. The van der Waals surface area contributed by atoms with Gasteiger partial charge >= 0.3 is 0 Å². The first kappa shape index (κ1) is 18.9. The molecule has 0 aromatic heterocycles. The third kappa shape index (κ3) is 4.85. The summed E-state index contributed by atoms with van der Waals surface area (Å²) in [5.74, 6) is -0.167. The van der Waals surface area contributed by atoms with Gasteiger partial charge in [-0.2, -0.15) is 0 Å². The Morgan fingerprint density at radius 2 is 1.92 bits per heavy atom. The minimum atomic E-state index is -0.232. The molecule has 5 heteroatoms. The minimum Gasteiger partial charge on any atom is -0.356 e. The molecule has 0 bridgehead atoms. The highest BCUT2D eigenvalue weighted by Crippen LogP contribution is 2.25. The van der Waals surface area contributed by atoms with E-state index in [1.807, 2.05) is 12.1 Å². The smallest absolute Gasteiger partial charge is 0.227 e.